The highest BCUT2D eigenvalue weighted by Gasteiger charge is 2.28. The Morgan fingerprint density at radius 1 is 0.750 bits per heavy atom. The van der Waals surface area contributed by atoms with Crippen LogP contribution in [-0.2, 0) is 6.54 Å². The first-order chi connectivity index (χ1) is 19.7. The highest BCUT2D eigenvalue weighted by Crippen LogP contribution is 2.36. The third kappa shape index (κ3) is 10.9. The van der Waals surface area contributed by atoms with Gasteiger partial charge in [0.25, 0.3) is 0 Å². The number of pyridine rings is 1. The number of hydrogen-bond donors (Lipinski definition) is 1. The van der Waals surface area contributed by atoms with E-state index in [2.05, 4.69) is 27.2 Å². The van der Waals surface area contributed by atoms with Gasteiger partial charge in [0.05, 0.1) is 11.5 Å². The van der Waals surface area contributed by atoms with Gasteiger partial charge >= 0.3 is 5.69 Å². The molecule has 3 aromatic rings. The molecule has 0 atom stereocenters. The van der Waals surface area contributed by atoms with Crippen LogP contribution in [0.4, 0.5) is 23.1 Å². The van der Waals surface area contributed by atoms with E-state index in [0.29, 0.717) is 18.9 Å². The summed E-state index contributed by atoms with van der Waals surface area (Å²) in [6.45, 7) is 3.30. The van der Waals surface area contributed by atoms with Crippen molar-refractivity contribution in [3.63, 3.8) is 0 Å². The van der Waals surface area contributed by atoms with Gasteiger partial charge in [-0.15, -0.1) is 0 Å². The van der Waals surface area contributed by atoms with E-state index in [0.717, 1.165) is 18.4 Å². The minimum atomic E-state index is -0.399. The predicted octanol–water partition coefficient (Wildman–Crippen LogP) is 9.01. The number of hydrogen-bond acceptors (Lipinski definition) is 7. The fourth-order valence-corrected chi connectivity index (χ4v) is 4.93. The smallest absolute Gasteiger partial charge is 0.353 e. The van der Waals surface area contributed by atoms with Crippen molar-refractivity contribution in [2.75, 3.05) is 16.8 Å². The van der Waals surface area contributed by atoms with Crippen molar-refractivity contribution in [2.45, 2.75) is 103 Å². The first-order valence-electron chi connectivity index (χ1n) is 15.2. The van der Waals surface area contributed by atoms with Crippen molar-refractivity contribution in [2.24, 2.45) is 0 Å². The van der Waals surface area contributed by atoms with Crippen LogP contribution in [0.25, 0.3) is 0 Å². The maximum atomic E-state index is 12.2. The van der Waals surface area contributed by atoms with Crippen molar-refractivity contribution in [3.05, 3.63) is 76.7 Å². The first-order valence-corrected chi connectivity index (χ1v) is 15.2. The summed E-state index contributed by atoms with van der Waals surface area (Å²) in [6, 6.07) is 15.3. The number of unbranched alkanes of at least 4 members (excludes halogenated alkanes) is 13. The Hall–Kier alpha value is -3.55. The molecule has 40 heavy (non-hydrogen) atoms. The molecule has 0 spiro atoms. The molecule has 8 nitrogen and oxygen atoms in total. The van der Waals surface area contributed by atoms with E-state index in [1.54, 1.807) is 11.1 Å². The molecule has 0 saturated carbocycles. The second kappa shape index (κ2) is 18.7. The molecule has 3 rings (SSSR count). The van der Waals surface area contributed by atoms with Crippen LogP contribution in [0.15, 0.2) is 61.1 Å². The monoisotopic (exact) mass is 546 g/mol. The van der Waals surface area contributed by atoms with Gasteiger partial charge < -0.3 is 10.2 Å². The van der Waals surface area contributed by atoms with Crippen LogP contribution in [0, 0.1) is 10.1 Å². The molecular weight excluding hydrogens is 500 g/mol. The van der Waals surface area contributed by atoms with Gasteiger partial charge in [-0.25, -0.2) is 15.0 Å². The van der Waals surface area contributed by atoms with Crippen molar-refractivity contribution in [1.82, 2.24) is 15.0 Å². The highest BCUT2D eigenvalue weighted by molar-refractivity contribution is 5.74. The SMILES string of the molecule is CCCCCCCCCCCCCCCCNc1ncnc(N(Cc2ccccc2)c2ccccn2)c1[N+](=O)[O-]. The number of rotatable bonds is 21. The first kappa shape index (κ1) is 31.0. The maximum Gasteiger partial charge on any atom is 0.353 e. The molecule has 0 aliphatic carbocycles. The number of benzene rings is 1. The molecule has 0 aliphatic rings. The molecule has 1 aromatic carbocycles. The summed E-state index contributed by atoms with van der Waals surface area (Å²) in [6.07, 6.45) is 21.2. The lowest BCUT2D eigenvalue weighted by Crippen LogP contribution is -2.21. The largest absolute Gasteiger partial charge is 0.364 e. The van der Waals surface area contributed by atoms with Gasteiger partial charge in [0, 0.05) is 12.7 Å². The van der Waals surface area contributed by atoms with Gasteiger partial charge in [-0.3, -0.25) is 10.1 Å². The molecule has 0 saturated heterocycles. The Morgan fingerprint density at radius 3 is 1.93 bits per heavy atom. The Bertz CT molecular complexity index is 1100. The van der Waals surface area contributed by atoms with Crippen molar-refractivity contribution in [1.29, 1.82) is 0 Å². The molecular formula is C32H46N6O2. The molecule has 0 bridgehead atoms. The van der Waals surface area contributed by atoms with Crippen LogP contribution in [-0.4, -0.2) is 26.4 Å². The molecule has 2 aromatic heterocycles. The van der Waals surface area contributed by atoms with Crippen molar-refractivity contribution < 1.29 is 4.92 Å². The van der Waals surface area contributed by atoms with E-state index in [1.807, 2.05) is 48.5 Å². The molecule has 2 heterocycles. The summed E-state index contributed by atoms with van der Waals surface area (Å²) in [5, 5.41) is 15.4. The van der Waals surface area contributed by atoms with Crippen LogP contribution in [0.2, 0.25) is 0 Å². The fraction of sp³-hybridized carbons (Fsp3) is 0.531. The Labute approximate surface area is 239 Å². The molecule has 0 aliphatic heterocycles. The minimum Gasteiger partial charge on any atom is -0.364 e. The Kier molecular flexibility index (Phi) is 14.5. The van der Waals surface area contributed by atoms with Crippen molar-refractivity contribution >= 4 is 23.1 Å². The second-order valence-electron chi connectivity index (χ2n) is 10.4. The molecule has 0 fully saturated rings. The third-order valence-corrected chi connectivity index (χ3v) is 7.17. The normalized spacial score (nSPS) is 10.9. The van der Waals surface area contributed by atoms with Gasteiger partial charge in [-0.2, -0.15) is 0 Å². The average Bonchev–Trinajstić information content (AvgIpc) is 2.98. The van der Waals surface area contributed by atoms with E-state index in [9.17, 15) is 10.1 Å². The van der Waals surface area contributed by atoms with Crippen LogP contribution in [0.1, 0.15) is 102 Å². The van der Waals surface area contributed by atoms with Crippen LogP contribution in [0.3, 0.4) is 0 Å². The van der Waals surface area contributed by atoms with Gasteiger partial charge in [-0.1, -0.05) is 127 Å². The van der Waals surface area contributed by atoms with Crippen LogP contribution >= 0.6 is 0 Å². The van der Waals surface area contributed by atoms with E-state index < -0.39 is 4.92 Å². The van der Waals surface area contributed by atoms with Gasteiger partial charge in [-0.05, 0) is 24.1 Å². The minimum absolute atomic E-state index is 0.130. The third-order valence-electron chi connectivity index (χ3n) is 7.17. The van der Waals surface area contributed by atoms with Crippen LogP contribution < -0.4 is 10.2 Å². The number of nitrogens with zero attached hydrogens (tertiary/aromatic N) is 5. The summed E-state index contributed by atoms with van der Waals surface area (Å²) >= 11 is 0. The maximum absolute atomic E-state index is 12.2. The molecule has 8 heteroatoms. The predicted molar refractivity (Wildman–Crippen MR) is 164 cm³/mol. The summed E-state index contributed by atoms with van der Waals surface area (Å²) in [7, 11) is 0. The summed E-state index contributed by atoms with van der Waals surface area (Å²) in [5.41, 5.74) is 0.868. The molecule has 216 valence electrons. The quantitative estimate of drug-likeness (QED) is 0.0808. The Morgan fingerprint density at radius 2 is 1.35 bits per heavy atom. The number of anilines is 3. The number of nitro groups is 1. The zero-order valence-corrected chi connectivity index (χ0v) is 24.1. The van der Waals surface area contributed by atoms with Crippen molar-refractivity contribution in [3.8, 4) is 0 Å². The van der Waals surface area contributed by atoms with Gasteiger partial charge in [0.1, 0.15) is 12.1 Å². The van der Waals surface area contributed by atoms with E-state index >= 15 is 0 Å². The zero-order chi connectivity index (χ0) is 28.3. The van der Waals surface area contributed by atoms with Gasteiger partial charge in [0.2, 0.25) is 11.6 Å². The topological polar surface area (TPSA) is 97.1 Å². The van der Waals surface area contributed by atoms with E-state index in [1.165, 1.54) is 83.4 Å². The summed E-state index contributed by atoms with van der Waals surface area (Å²) in [4.78, 5) is 26.6. The van der Waals surface area contributed by atoms with Crippen LogP contribution in [0.5, 0.6) is 0 Å². The summed E-state index contributed by atoms with van der Waals surface area (Å²) < 4.78 is 0. The lowest BCUT2D eigenvalue weighted by atomic mass is 10.0. The molecule has 0 radical (unpaired) electrons. The van der Waals surface area contributed by atoms with E-state index in [-0.39, 0.29) is 17.3 Å². The Balaban J connectivity index is 1.47. The lowest BCUT2D eigenvalue weighted by Gasteiger charge is -2.23. The van der Waals surface area contributed by atoms with Gasteiger partial charge in [0.15, 0.2) is 0 Å². The fourth-order valence-electron chi connectivity index (χ4n) is 4.93. The van der Waals surface area contributed by atoms with E-state index in [4.69, 9.17) is 0 Å². The summed E-state index contributed by atoms with van der Waals surface area (Å²) in [5.74, 6) is 1.07. The zero-order valence-electron chi connectivity index (χ0n) is 24.1. The highest BCUT2D eigenvalue weighted by atomic mass is 16.6. The molecule has 0 unspecified atom stereocenters. The second-order valence-corrected chi connectivity index (χ2v) is 10.4. The molecule has 1 N–H and O–H groups in total. The number of aromatic nitrogens is 3. The molecule has 0 amide bonds. The number of nitrogens with one attached hydrogen (secondary N) is 1. The standard InChI is InChI=1S/C32H46N6O2/c1-2-3-4-5-6-7-8-9-10-11-12-13-14-19-25-34-31-30(38(39)40)32(36-27-35-31)37(29-23-18-20-24-33-29)26-28-21-16-15-17-22-28/h15-18,20-24,27H,2-14,19,25-26H2,1H3,(H,34,35,36). The lowest BCUT2D eigenvalue weighted by molar-refractivity contribution is -0.383. The average molecular weight is 547 g/mol.